The summed E-state index contributed by atoms with van der Waals surface area (Å²) >= 11 is 7.63. The van der Waals surface area contributed by atoms with Crippen LogP contribution < -0.4 is 4.74 Å². The number of nitrogens with zero attached hydrogens (tertiary/aromatic N) is 2. The molecule has 0 saturated carbocycles. The Labute approximate surface area is 156 Å². The summed E-state index contributed by atoms with van der Waals surface area (Å²) in [5, 5.41) is 1.58. The minimum Gasteiger partial charge on any atom is -0.483 e. The second-order valence-corrected chi connectivity index (χ2v) is 7.53. The second kappa shape index (κ2) is 7.42. The minimum absolute atomic E-state index is 0.00922. The maximum absolute atomic E-state index is 12.4. The summed E-state index contributed by atoms with van der Waals surface area (Å²) in [6, 6.07) is 11.6. The smallest absolute Gasteiger partial charge is 0.260 e. The molecule has 1 amide bonds. The summed E-state index contributed by atoms with van der Waals surface area (Å²) in [5.74, 6) is 0.624. The topological polar surface area (TPSA) is 42.4 Å². The molecule has 0 bridgehead atoms. The number of fused-ring (bicyclic) bond motifs is 1. The van der Waals surface area contributed by atoms with E-state index >= 15 is 0 Å². The lowest BCUT2D eigenvalue weighted by Gasteiger charge is -2.17. The number of hydrogen-bond acceptors (Lipinski definition) is 4. The van der Waals surface area contributed by atoms with Crippen LogP contribution >= 0.6 is 22.9 Å². The SMILES string of the molecule is Cc1cc(Cl)cc(C)c1OCC(=O)N(C)Cc1nc2ccccc2s1. The van der Waals surface area contributed by atoms with Gasteiger partial charge in [0.2, 0.25) is 0 Å². The molecule has 2 aromatic carbocycles. The maximum atomic E-state index is 12.4. The van der Waals surface area contributed by atoms with Gasteiger partial charge in [-0.3, -0.25) is 4.79 Å². The van der Waals surface area contributed by atoms with Gasteiger partial charge in [-0.2, -0.15) is 0 Å². The summed E-state index contributed by atoms with van der Waals surface area (Å²) in [7, 11) is 1.76. The number of aryl methyl sites for hydroxylation is 2. The molecule has 0 fully saturated rings. The zero-order valence-corrected chi connectivity index (χ0v) is 15.9. The molecule has 0 atom stereocenters. The van der Waals surface area contributed by atoms with E-state index in [-0.39, 0.29) is 12.5 Å². The summed E-state index contributed by atoms with van der Waals surface area (Å²) in [5.41, 5.74) is 2.81. The first-order chi connectivity index (χ1) is 11.9. The first-order valence-electron chi connectivity index (χ1n) is 7.92. The van der Waals surface area contributed by atoms with Crippen LogP contribution in [0.3, 0.4) is 0 Å². The van der Waals surface area contributed by atoms with Crippen LogP contribution in [-0.2, 0) is 11.3 Å². The van der Waals surface area contributed by atoms with Gasteiger partial charge < -0.3 is 9.64 Å². The average Bonchev–Trinajstić information content (AvgIpc) is 2.95. The van der Waals surface area contributed by atoms with E-state index in [1.54, 1.807) is 23.3 Å². The van der Waals surface area contributed by atoms with Gasteiger partial charge in [0.1, 0.15) is 10.8 Å². The number of amides is 1. The van der Waals surface area contributed by atoms with Crippen LogP contribution in [0.1, 0.15) is 16.1 Å². The van der Waals surface area contributed by atoms with Crippen molar-refractivity contribution in [3.63, 3.8) is 0 Å². The Balaban J connectivity index is 1.63. The molecule has 4 nitrogen and oxygen atoms in total. The highest BCUT2D eigenvalue weighted by Gasteiger charge is 2.14. The van der Waals surface area contributed by atoms with Gasteiger partial charge in [0.05, 0.1) is 16.8 Å². The molecule has 0 unspecified atom stereocenters. The molecule has 0 aliphatic heterocycles. The van der Waals surface area contributed by atoms with Crippen molar-refractivity contribution in [2.75, 3.05) is 13.7 Å². The van der Waals surface area contributed by atoms with Gasteiger partial charge in [-0.25, -0.2) is 4.98 Å². The van der Waals surface area contributed by atoms with Crippen molar-refractivity contribution in [3.8, 4) is 5.75 Å². The van der Waals surface area contributed by atoms with Crippen LogP contribution in [0.5, 0.6) is 5.75 Å². The van der Waals surface area contributed by atoms with Crippen LogP contribution in [0, 0.1) is 13.8 Å². The molecule has 0 N–H and O–H groups in total. The molecule has 0 radical (unpaired) electrons. The van der Waals surface area contributed by atoms with E-state index < -0.39 is 0 Å². The van der Waals surface area contributed by atoms with E-state index in [0.717, 1.165) is 26.4 Å². The number of aromatic nitrogens is 1. The summed E-state index contributed by atoms with van der Waals surface area (Å²) in [6.07, 6.45) is 0. The monoisotopic (exact) mass is 374 g/mol. The highest BCUT2D eigenvalue weighted by Crippen LogP contribution is 2.27. The van der Waals surface area contributed by atoms with Gasteiger partial charge in [0.25, 0.3) is 5.91 Å². The normalized spacial score (nSPS) is 10.9. The molecule has 0 saturated heterocycles. The Kier molecular flexibility index (Phi) is 5.25. The van der Waals surface area contributed by atoms with Crippen molar-refractivity contribution in [2.45, 2.75) is 20.4 Å². The third-order valence-electron chi connectivity index (χ3n) is 3.90. The first-order valence-corrected chi connectivity index (χ1v) is 9.11. The van der Waals surface area contributed by atoms with E-state index in [1.807, 2.05) is 50.2 Å². The highest BCUT2D eigenvalue weighted by molar-refractivity contribution is 7.18. The molecule has 0 aliphatic carbocycles. The Morgan fingerprint density at radius 3 is 2.60 bits per heavy atom. The fourth-order valence-electron chi connectivity index (χ4n) is 2.65. The Bertz CT molecular complexity index is 867. The van der Waals surface area contributed by atoms with Crippen molar-refractivity contribution in [2.24, 2.45) is 0 Å². The van der Waals surface area contributed by atoms with E-state index in [4.69, 9.17) is 16.3 Å². The number of carbonyl (C=O) groups excluding carboxylic acids is 1. The molecule has 25 heavy (non-hydrogen) atoms. The van der Waals surface area contributed by atoms with E-state index in [0.29, 0.717) is 17.3 Å². The third-order valence-corrected chi connectivity index (χ3v) is 5.14. The predicted octanol–water partition coefficient (Wildman–Crippen LogP) is 4.60. The van der Waals surface area contributed by atoms with Gasteiger partial charge in [0.15, 0.2) is 6.61 Å². The van der Waals surface area contributed by atoms with E-state index in [2.05, 4.69) is 4.98 Å². The molecule has 130 valence electrons. The lowest BCUT2D eigenvalue weighted by Crippen LogP contribution is -2.31. The van der Waals surface area contributed by atoms with Gasteiger partial charge >= 0.3 is 0 Å². The number of para-hydroxylation sites is 1. The fraction of sp³-hybridized carbons (Fsp3) is 0.263. The molecule has 1 heterocycles. The molecular weight excluding hydrogens is 356 g/mol. The van der Waals surface area contributed by atoms with E-state index in [9.17, 15) is 4.79 Å². The standard InChI is InChI=1S/C19H19ClN2O2S/c1-12-8-14(20)9-13(2)19(12)24-11-18(23)22(3)10-17-21-15-6-4-5-7-16(15)25-17/h4-9H,10-11H2,1-3H3. The maximum Gasteiger partial charge on any atom is 0.260 e. The predicted molar refractivity (Wildman–Crippen MR) is 103 cm³/mol. The molecule has 1 aromatic heterocycles. The number of carbonyl (C=O) groups is 1. The quantitative estimate of drug-likeness (QED) is 0.655. The molecule has 6 heteroatoms. The lowest BCUT2D eigenvalue weighted by molar-refractivity contribution is -0.132. The minimum atomic E-state index is -0.0898. The van der Waals surface area contributed by atoms with E-state index in [1.165, 1.54) is 0 Å². The highest BCUT2D eigenvalue weighted by atomic mass is 35.5. The van der Waals surface area contributed by atoms with Crippen LogP contribution in [-0.4, -0.2) is 29.4 Å². The third kappa shape index (κ3) is 4.11. The zero-order valence-electron chi connectivity index (χ0n) is 14.4. The molecule has 3 aromatic rings. The lowest BCUT2D eigenvalue weighted by atomic mass is 10.1. The van der Waals surface area contributed by atoms with Crippen molar-refractivity contribution < 1.29 is 9.53 Å². The average molecular weight is 375 g/mol. The van der Waals surface area contributed by atoms with Gasteiger partial charge in [-0.15, -0.1) is 11.3 Å². The van der Waals surface area contributed by atoms with Crippen LogP contribution in [0.15, 0.2) is 36.4 Å². The number of ether oxygens (including phenoxy) is 1. The number of benzene rings is 2. The first kappa shape index (κ1) is 17.7. The van der Waals surface area contributed by atoms with Crippen LogP contribution in [0.2, 0.25) is 5.02 Å². The zero-order chi connectivity index (χ0) is 18.0. The fourth-order valence-corrected chi connectivity index (χ4v) is 4.00. The number of halogens is 1. The number of hydrogen-bond donors (Lipinski definition) is 0. The second-order valence-electron chi connectivity index (χ2n) is 5.98. The van der Waals surface area contributed by atoms with Gasteiger partial charge in [-0.1, -0.05) is 23.7 Å². The Morgan fingerprint density at radius 2 is 1.92 bits per heavy atom. The van der Waals surface area contributed by atoms with Crippen molar-refractivity contribution >= 4 is 39.1 Å². The van der Waals surface area contributed by atoms with Crippen molar-refractivity contribution in [3.05, 3.63) is 57.6 Å². The van der Waals surface area contributed by atoms with Crippen molar-refractivity contribution in [1.29, 1.82) is 0 Å². The Hall–Kier alpha value is -2.11. The summed E-state index contributed by atoms with van der Waals surface area (Å²) < 4.78 is 6.86. The van der Waals surface area contributed by atoms with Gasteiger partial charge in [-0.05, 0) is 49.2 Å². The number of rotatable bonds is 5. The molecular formula is C19H19ClN2O2S. The number of likely N-dealkylation sites (N-methyl/N-ethyl adjacent to an activating group) is 1. The molecule has 0 spiro atoms. The van der Waals surface area contributed by atoms with Gasteiger partial charge in [0, 0.05) is 12.1 Å². The largest absolute Gasteiger partial charge is 0.483 e. The molecule has 3 rings (SSSR count). The van der Waals surface area contributed by atoms with Crippen molar-refractivity contribution in [1.82, 2.24) is 9.88 Å². The van der Waals surface area contributed by atoms with Crippen LogP contribution in [0.4, 0.5) is 0 Å². The summed E-state index contributed by atoms with van der Waals surface area (Å²) in [4.78, 5) is 18.6. The number of thiazole rings is 1. The van der Waals surface area contributed by atoms with Crippen LogP contribution in [0.25, 0.3) is 10.2 Å². The summed E-state index contributed by atoms with van der Waals surface area (Å²) in [6.45, 7) is 4.30. The molecule has 0 aliphatic rings. The Morgan fingerprint density at radius 1 is 1.24 bits per heavy atom.